The molecule has 2 rings (SSSR count). The molecule has 0 saturated carbocycles. The number of carbonyl (C=O) groups excluding carboxylic acids is 1. The first kappa shape index (κ1) is 15.4. The normalized spacial score (nSPS) is 16.0. The number of halogens is 1. The molecule has 1 amide bonds. The highest BCUT2D eigenvalue weighted by Gasteiger charge is 2.24. The SMILES string of the molecule is CCCN1CCN(C(=O)c2ccc(F)c([N+](=O)[O-])c2)CC1. The molecule has 1 saturated heterocycles. The average Bonchev–Trinajstić information content (AvgIpc) is 2.48. The topological polar surface area (TPSA) is 66.7 Å². The summed E-state index contributed by atoms with van der Waals surface area (Å²) >= 11 is 0. The van der Waals surface area contributed by atoms with Crippen molar-refractivity contribution in [1.29, 1.82) is 0 Å². The summed E-state index contributed by atoms with van der Waals surface area (Å²) in [6.45, 7) is 5.87. The van der Waals surface area contributed by atoms with Crippen molar-refractivity contribution in [3.8, 4) is 0 Å². The van der Waals surface area contributed by atoms with Crippen LogP contribution in [0.1, 0.15) is 23.7 Å². The number of benzene rings is 1. The molecular weight excluding hydrogens is 277 g/mol. The number of rotatable bonds is 4. The zero-order valence-electron chi connectivity index (χ0n) is 11.9. The number of nitro benzene ring substituents is 1. The third-order valence-corrected chi connectivity index (χ3v) is 3.59. The van der Waals surface area contributed by atoms with Crippen molar-refractivity contribution in [1.82, 2.24) is 9.80 Å². The number of nitrogens with zero attached hydrogens (tertiary/aromatic N) is 3. The summed E-state index contributed by atoms with van der Waals surface area (Å²) in [6, 6.07) is 3.28. The van der Waals surface area contributed by atoms with E-state index >= 15 is 0 Å². The van der Waals surface area contributed by atoms with Gasteiger partial charge in [-0.2, -0.15) is 4.39 Å². The molecule has 1 aromatic rings. The van der Waals surface area contributed by atoms with E-state index in [1.807, 2.05) is 0 Å². The van der Waals surface area contributed by atoms with Crippen LogP contribution in [0.5, 0.6) is 0 Å². The van der Waals surface area contributed by atoms with Crippen molar-refractivity contribution < 1.29 is 14.1 Å². The van der Waals surface area contributed by atoms with Crippen LogP contribution in [-0.4, -0.2) is 53.4 Å². The molecule has 6 nitrogen and oxygen atoms in total. The maximum Gasteiger partial charge on any atom is 0.305 e. The van der Waals surface area contributed by atoms with Gasteiger partial charge in [0.2, 0.25) is 5.82 Å². The highest BCUT2D eigenvalue weighted by atomic mass is 19.1. The van der Waals surface area contributed by atoms with E-state index in [1.54, 1.807) is 4.90 Å². The molecule has 1 aromatic carbocycles. The Kier molecular flexibility index (Phi) is 4.85. The van der Waals surface area contributed by atoms with E-state index in [0.29, 0.717) is 13.1 Å². The molecular formula is C14H18FN3O3. The number of amides is 1. The van der Waals surface area contributed by atoms with Crippen LogP contribution < -0.4 is 0 Å². The zero-order chi connectivity index (χ0) is 15.4. The summed E-state index contributed by atoms with van der Waals surface area (Å²) in [4.78, 5) is 26.2. The van der Waals surface area contributed by atoms with Crippen LogP contribution in [0, 0.1) is 15.9 Å². The molecule has 1 fully saturated rings. The Labute approximate surface area is 122 Å². The number of nitro groups is 1. The predicted molar refractivity (Wildman–Crippen MR) is 75.7 cm³/mol. The molecule has 0 atom stereocenters. The fourth-order valence-corrected chi connectivity index (χ4v) is 2.46. The molecule has 0 unspecified atom stereocenters. The minimum atomic E-state index is -0.927. The van der Waals surface area contributed by atoms with E-state index in [0.717, 1.165) is 38.2 Å². The fourth-order valence-electron chi connectivity index (χ4n) is 2.46. The number of carbonyl (C=O) groups is 1. The van der Waals surface area contributed by atoms with Crippen LogP contribution in [0.4, 0.5) is 10.1 Å². The van der Waals surface area contributed by atoms with Crippen molar-refractivity contribution in [2.45, 2.75) is 13.3 Å². The molecule has 0 radical (unpaired) electrons. The molecule has 0 aromatic heterocycles. The van der Waals surface area contributed by atoms with Crippen molar-refractivity contribution in [2.75, 3.05) is 32.7 Å². The highest BCUT2D eigenvalue weighted by Crippen LogP contribution is 2.20. The molecule has 0 aliphatic carbocycles. The van der Waals surface area contributed by atoms with E-state index in [2.05, 4.69) is 11.8 Å². The van der Waals surface area contributed by atoms with Gasteiger partial charge in [0.1, 0.15) is 0 Å². The Bertz CT molecular complexity index is 542. The second kappa shape index (κ2) is 6.62. The molecule has 0 N–H and O–H groups in total. The Morgan fingerprint density at radius 1 is 1.33 bits per heavy atom. The summed E-state index contributed by atoms with van der Waals surface area (Å²) in [5.74, 6) is -1.21. The molecule has 1 aliphatic heterocycles. The van der Waals surface area contributed by atoms with Gasteiger partial charge in [0.15, 0.2) is 0 Å². The average molecular weight is 295 g/mol. The Morgan fingerprint density at radius 3 is 2.57 bits per heavy atom. The van der Waals surface area contributed by atoms with Crippen LogP contribution in [0.2, 0.25) is 0 Å². The molecule has 1 heterocycles. The minimum absolute atomic E-state index is 0.159. The van der Waals surface area contributed by atoms with Crippen molar-refractivity contribution >= 4 is 11.6 Å². The predicted octanol–water partition coefficient (Wildman–Crippen LogP) is 1.90. The lowest BCUT2D eigenvalue weighted by molar-refractivity contribution is -0.387. The Hall–Kier alpha value is -2.02. The summed E-state index contributed by atoms with van der Waals surface area (Å²) in [7, 11) is 0. The third kappa shape index (κ3) is 3.55. The van der Waals surface area contributed by atoms with Crippen molar-refractivity contribution in [3.63, 3.8) is 0 Å². The van der Waals surface area contributed by atoms with Crippen LogP contribution in [0.15, 0.2) is 18.2 Å². The van der Waals surface area contributed by atoms with E-state index < -0.39 is 16.4 Å². The van der Waals surface area contributed by atoms with Crippen LogP contribution >= 0.6 is 0 Å². The number of hydrogen-bond acceptors (Lipinski definition) is 4. The molecule has 0 bridgehead atoms. The highest BCUT2D eigenvalue weighted by molar-refractivity contribution is 5.95. The van der Waals surface area contributed by atoms with Crippen LogP contribution in [0.3, 0.4) is 0 Å². The lowest BCUT2D eigenvalue weighted by Gasteiger charge is -2.34. The molecule has 0 spiro atoms. The molecule has 114 valence electrons. The van der Waals surface area contributed by atoms with Crippen molar-refractivity contribution in [2.24, 2.45) is 0 Å². The van der Waals surface area contributed by atoms with Gasteiger partial charge in [0, 0.05) is 37.8 Å². The standard InChI is InChI=1S/C14H18FN3O3/c1-2-5-16-6-8-17(9-7-16)14(19)11-3-4-12(15)13(10-11)18(20)21/h3-4,10H,2,5-9H2,1H3. The Morgan fingerprint density at radius 2 is 2.00 bits per heavy atom. The maximum absolute atomic E-state index is 13.3. The fraction of sp³-hybridized carbons (Fsp3) is 0.500. The van der Waals surface area contributed by atoms with Gasteiger partial charge in [-0.25, -0.2) is 0 Å². The third-order valence-electron chi connectivity index (χ3n) is 3.59. The largest absolute Gasteiger partial charge is 0.336 e. The molecule has 21 heavy (non-hydrogen) atoms. The minimum Gasteiger partial charge on any atom is -0.336 e. The number of hydrogen-bond donors (Lipinski definition) is 0. The van der Waals surface area contributed by atoms with Gasteiger partial charge in [0.05, 0.1) is 4.92 Å². The first-order valence-corrected chi connectivity index (χ1v) is 6.98. The lowest BCUT2D eigenvalue weighted by atomic mass is 10.1. The summed E-state index contributed by atoms with van der Waals surface area (Å²) in [6.07, 6.45) is 1.07. The van der Waals surface area contributed by atoms with Gasteiger partial charge in [0.25, 0.3) is 5.91 Å². The monoisotopic (exact) mass is 295 g/mol. The summed E-state index contributed by atoms with van der Waals surface area (Å²) < 4.78 is 13.3. The first-order chi connectivity index (χ1) is 10.0. The summed E-state index contributed by atoms with van der Waals surface area (Å²) in [5.41, 5.74) is -0.502. The van der Waals surface area contributed by atoms with Crippen molar-refractivity contribution in [3.05, 3.63) is 39.7 Å². The second-order valence-electron chi connectivity index (χ2n) is 5.06. The van der Waals surface area contributed by atoms with Gasteiger partial charge >= 0.3 is 5.69 Å². The van der Waals surface area contributed by atoms with E-state index in [-0.39, 0.29) is 11.5 Å². The van der Waals surface area contributed by atoms with Gasteiger partial charge in [-0.15, -0.1) is 0 Å². The lowest BCUT2D eigenvalue weighted by Crippen LogP contribution is -2.48. The quantitative estimate of drug-likeness (QED) is 0.628. The van der Waals surface area contributed by atoms with Gasteiger partial charge in [-0.1, -0.05) is 6.92 Å². The molecule has 7 heteroatoms. The second-order valence-corrected chi connectivity index (χ2v) is 5.06. The summed E-state index contributed by atoms with van der Waals surface area (Å²) in [5, 5.41) is 10.7. The molecule has 1 aliphatic rings. The zero-order valence-corrected chi connectivity index (χ0v) is 11.9. The van der Waals surface area contributed by atoms with Gasteiger partial charge in [-0.3, -0.25) is 19.8 Å². The Balaban J connectivity index is 2.07. The number of piperazine rings is 1. The first-order valence-electron chi connectivity index (χ1n) is 6.98. The van der Waals surface area contributed by atoms with Crippen LogP contribution in [-0.2, 0) is 0 Å². The smallest absolute Gasteiger partial charge is 0.305 e. The van der Waals surface area contributed by atoms with Gasteiger partial charge in [-0.05, 0) is 25.1 Å². The van der Waals surface area contributed by atoms with Gasteiger partial charge < -0.3 is 4.90 Å². The van der Waals surface area contributed by atoms with E-state index in [1.165, 1.54) is 6.07 Å². The maximum atomic E-state index is 13.3. The van der Waals surface area contributed by atoms with E-state index in [9.17, 15) is 19.3 Å². The van der Waals surface area contributed by atoms with E-state index in [4.69, 9.17) is 0 Å². The van der Waals surface area contributed by atoms with Crippen LogP contribution in [0.25, 0.3) is 0 Å².